The summed E-state index contributed by atoms with van der Waals surface area (Å²) < 4.78 is 5.64. The Hall–Kier alpha value is -3.04. The molecule has 0 radical (unpaired) electrons. The number of esters is 1. The normalized spacial score (nSPS) is 12.8. The summed E-state index contributed by atoms with van der Waals surface area (Å²) in [6.07, 6.45) is 0. The van der Waals surface area contributed by atoms with Crippen molar-refractivity contribution in [2.75, 3.05) is 31.2 Å². The summed E-state index contributed by atoms with van der Waals surface area (Å²) in [6, 6.07) is 12.6. The summed E-state index contributed by atoms with van der Waals surface area (Å²) in [6.45, 7) is 10.1. The number of nitrogens with zero attached hydrogens (tertiary/aromatic N) is 1. The molecule has 196 valence electrons. The van der Waals surface area contributed by atoms with Crippen LogP contribution < -0.4 is 21.7 Å². The molecule has 8 nitrogen and oxygen atoms in total. The minimum absolute atomic E-state index is 0.0256. The van der Waals surface area contributed by atoms with Crippen LogP contribution in [-0.4, -0.2) is 42.2 Å². The van der Waals surface area contributed by atoms with E-state index < -0.39 is 11.0 Å². The maximum Gasteiger partial charge on any atom is 0.317 e. The first-order valence-corrected chi connectivity index (χ1v) is 12.4. The number of hydrogen-bond acceptors (Lipinski definition) is 5. The largest absolute Gasteiger partial charge is 0.462 e. The van der Waals surface area contributed by atoms with Crippen molar-refractivity contribution in [3.8, 4) is 0 Å². The van der Waals surface area contributed by atoms with Gasteiger partial charge in [0.2, 0.25) is 0 Å². The standard InChI is InChI=1S/C26H36ClN5O3S/c1-7-32(6)24(34)29-15-17-10-8-13-20(21(17)28)30-23(36)31-26(5,16-35-22(33)25(2,3)4)18-11-9-12-19(27)14-18/h8-14H,7,15-16,28H2,1-6H3,(H,29,34)(H2,30,31,36). The topological polar surface area (TPSA) is 109 Å². The highest BCUT2D eigenvalue weighted by Gasteiger charge is 2.32. The molecule has 36 heavy (non-hydrogen) atoms. The van der Waals surface area contributed by atoms with Gasteiger partial charge < -0.3 is 31.3 Å². The lowest BCUT2D eigenvalue weighted by Gasteiger charge is -2.33. The summed E-state index contributed by atoms with van der Waals surface area (Å²) in [4.78, 5) is 26.1. The number of para-hydroxylation sites is 1. The van der Waals surface area contributed by atoms with E-state index in [2.05, 4.69) is 16.0 Å². The van der Waals surface area contributed by atoms with Crippen LogP contribution in [0.25, 0.3) is 0 Å². The van der Waals surface area contributed by atoms with Crippen molar-refractivity contribution in [2.24, 2.45) is 5.41 Å². The van der Waals surface area contributed by atoms with E-state index in [1.165, 1.54) is 0 Å². The van der Waals surface area contributed by atoms with Crippen molar-refractivity contribution < 1.29 is 14.3 Å². The highest BCUT2D eigenvalue weighted by molar-refractivity contribution is 7.80. The minimum Gasteiger partial charge on any atom is -0.462 e. The molecule has 0 fully saturated rings. The van der Waals surface area contributed by atoms with E-state index in [1.54, 1.807) is 50.9 Å². The predicted octanol–water partition coefficient (Wildman–Crippen LogP) is 4.87. The summed E-state index contributed by atoms with van der Waals surface area (Å²) in [5.41, 5.74) is 7.44. The van der Waals surface area contributed by atoms with Gasteiger partial charge in [-0.1, -0.05) is 35.9 Å². The van der Waals surface area contributed by atoms with Crippen molar-refractivity contribution in [3.05, 3.63) is 58.6 Å². The molecule has 2 rings (SSSR count). The van der Waals surface area contributed by atoms with E-state index >= 15 is 0 Å². The molecule has 0 saturated carbocycles. The van der Waals surface area contributed by atoms with Crippen molar-refractivity contribution >= 4 is 52.3 Å². The highest BCUT2D eigenvalue weighted by atomic mass is 35.5. The van der Waals surface area contributed by atoms with Crippen LogP contribution in [-0.2, 0) is 21.6 Å². The summed E-state index contributed by atoms with van der Waals surface area (Å²) in [5.74, 6) is -0.329. The number of nitrogens with two attached hydrogens (primary N) is 1. The molecule has 1 atom stereocenters. The third-order valence-electron chi connectivity index (χ3n) is 5.65. The quantitative estimate of drug-likeness (QED) is 0.218. The van der Waals surface area contributed by atoms with E-state index in [0.29, 0.717) is 22.9 Å². The van der Waals surface area contributed by atoms with Crippen LogP contribution in [0, 0.1) is 5.41 Å². The van der Waals surface area contributed by atoms with Gasteiger partial charge >= 0.3 is 12.0 Å². The van der Waals surface area contributed by atoms with Crippen molar-refractivity contribution in [3.63, 3.8) is 0 Å². The van der Waals surface area contributed by atoms with Crippen LogP contribution in [0.1, 0.15) is 45.7 Å². The maximum atomic E-state index is 12.5. The summed E-state index contributed by atoms with van der Waals surface area (Å²) in [7, 11) is 1.72. The number of halogens is 1. The van der Waals surface area contributed by atoms with Gasteiger partial charge in [0.1, 0.15) is 6.61 Å². The molecule has 2 aromatic rings. The molecule has 5 N–H and O–H groups in total. The SMILES string of the molecule is CCN(C)C(=O)NCc1cccc(NC(=S)NC(C)(COC(=O)C(C)(C)C)c2cccc(Cl)c2)c1N. The second-order valence-electron chi connectivity index (χ2n) is 9.80. The van der Waals surface area contributed by atoms with Gasteiger partial charge in [-0.25, -0.2) is 4.79 Å². The van der Waals surface area contributed by atoms with Crippen LogP contribution in [0.4, 0.5) is 16.2 Å². The van der Waals surface area contributed by atoms with Gasteiger partial charge in [0.05, 0.1) is 22.3 Å². The van der Waals surface area contributed by atoms with Crippen LogP contribution in [0.5, 0.6) is 0 Å². The van der Waals surface area contributed by atoms with Gasteiger partial charge in [0, 0.05) is 25.2 Å². The zero-order valence-corrected chi connectivity index (χ0v) is 23.3. The van der Waals surface area contributed by atoms with Gasteiger partial charge in [-0.3, -0.25) is 4.79 Å². The molecule has 0 saturated heterocycles. The monoisotopic (exact) mass is 533 g/mol. The molecule has 0 spiro atoms. The van der Waals surface area contributed by atoms with Gasteiger partial charge in [-0.05, 0) is 76.2 Å². The zero-order chi connectivity index (χ0) is 27.1. The second-order valence-corrected chi connectivity index (χ2v) is 10.6. The Balaban J connectivity index is 2.20. The average molecular weight is 534 g/mol. The van der Waals surface area contributed by atoms with Crippen molar-refractivity contribution in [2.45, 2.75) is 46.7 Å². The molecule has 0 aliphatic rings. The van der Waals surface area contributed by atoms with Gasteiger partial charge in [-0.2, -0.15) is 0 Å². The number of thiocarbonyl (C=S) groups is 1. The number of amides is 2. The lowest BCUT2D eigenvalue weighted by molar-refractivity contribution is -0.155. The Morgan fingerprint density at radius 3 is 2.42 bits per heavy atom. The van der Waals surface area contributed by atoms with E-state index in [1.807, 2.05) is 38.1 Å². The fraction of sp³-hybridized carbons (Fsp3) is 0.423. The fourth-order valence-corrected chi connectivity index (χ4v) is 3.70. The smallest absolute Gasteiger partial charge is 0.317 e. The third-order valence-corrected chi connectivity index (χ3v) is 6.09. The summed E-state index contributed by atoms with van der Waals surface area (Å²) >= 11 is 11.8. The van der Waals surface area contributed by atoms with Crippen LogP contribution >= 0.6 is 23.8 Å². The molecule has 0 bridgehead atoms. The molecule has 0 aliphatic heterocycles. The molecular formula is C26H36ClN5O3S. The highest BCUT2D eigenvalue weighted by Crippen LogP contribution is 2.27. The van der Waals surface area contributed by atoms with Crippen LogP contribution in [0.2, 0.25) is 5.02 Å². The number of nitrogen functional groups attached to an aromatic ring is 1. The molecular weight excluding hydrogens is 498 g/mol. The maximum absolute atomic E-state index is 12.5. The number of benzene rings is 2. The molecule has 2 aromatic carbocycles. The summed E-state index contributed by atoms with van der Waals surface area (Å²) in [5, 5.41) is 10.1. The van der Waals surface area contributed by atoms with Crippen LogP contribution in [0.15, 0.2) is 42.5 Å². The number of anilines is 2. The first kappa shape index (κ1) is 29.2. The average Bonchev–Trinajstić information content (AvgIpc) is 2.81. The van der Waals surface area contributed by atoms with Gasteiger partial charge in [-0.15, -0.1) is 0 Å². The molecule has 2 amide bonds. The Morgan fingerprint density at radius 2 is 1.81 bits per heavy atom. The fourth-order valence-electron chi connectivity index (χ4n) is 3.18. The van der Waals surface area contributed by atoms with Gasteiger partial charge in [0.25, 0.3) is 0 Å². The molecule has 0 aromatic heterocycles. The number of nitrogens with one attached hydrogen (secondary N) is 3. The zero-order valence-electron chi connectivity index (χ0n) is 21.7. The van der Waals surface area contributed by atoms with Crippen molar-refractivity contribution in [1.29, 1.82) is 0 Å². The van der Waals surface area contributed by atoms with E-state index in [9.17, 15) is 9.59 Å². The number of ether oxygens (including phenoxy) is 1. The molecule has 1 unspecified atom stereocenters. The third kappa shape index (κ3) is 7.99. The lowest BCUT2D eigenvalue weighted by atomic mass is 9.92. The first-order valence-electron chi connectivity index (χ1n) is 11.7. The molecule has 0 heterocycles. The molecule has 0 aliphatic carbocycles. The Morgan fingerprint density at radius 1 is 1.14 bits per heavy atom. The van der Waals surface area contributed by atoms with E-state index in [-0.39, 0.29) is 30.3 Å². The van der Waals surface area contributed by atoms with Gasteiger partial charge in [0.15, 0.2) is 5.11 Å². The lowest BCUT2D eigenvalue weighted by Crippen LogP contribution is -2.49. The predicted molar refractivity (Wildman–Crippen MR) is 150 cm³/mol. The number of carbonyl (C=O) groups is 2. The number of rotatable bonds is 8. The number of urea groups is 1. The Kier molecular flexibility index (Phi) is 9.95. The molecule has 10 heteroatoms. The minimum atomic E-state index is -0.874. The van der Waals surface area contributed by atoms with Crippen molar-refractivity contribution in [1.82, 2.24) is 15.5 Å². The number of carbonyl (C=O) groups excluding carboxylic acids is 2. The van der Waals surface area contributed by atoms with Crippen LogP contribution in [0.3, 0.4) is 0 Å². The Labute approximate surface area is 223 Å². The second kappa shape index (κ2) is 12.3. The Bertz CT molecular complexity index is 1110. The van der Waals surface area contributed by atoms with E-state index in [0.717, 1.165) is 11.1 Å². The number of hydrogen-bond donors (Lipinski definition) is 4. The first-order chi connectivity index (χ1) is 16.8. The van der Waals surface area contributed by atoms with E-state index in [4.69, 9.17) is 34.3 Å².